The van der Waals surface area contributed by atoms with Crippen LogP contribution in [0.15, 0.2) is 9.64 Å². The number of rotatable bonds is 5. The van der Waals surface area contributed by atoms with Crippen LogP contribution in [0, 0.1) is 19.8 Å². The van der Waals surface area contributed by atoms with Gasteiger partial charge in [0, 0.05) is 13.1 Å². The number of oxazole rings is 1. The summed E-state index contributed by atoms with van der Waals surface area (Å²) < 4.78 is 10.5. The lowest BCUT2D eigenvalue weighted by Crippen LogP contribution is -2.43. The molecule has 1 fully saturated rings. The van der Waals surface area contributed by atoms with Crippen molar-refractivity contribution < 1.29 is 18.7 Å². The van der Waals surface area contributed by atoms with Crippen LogP contribution < -0.4 is 0 Å². The molecule has 0 spiro atoms. The molecule has 122 valence electrons. The van der Waals surface area contributed by atoms with Gasteiger partial charge in [0.15, 0.2) is 0 Å². The van der Waals surface area contributed by atoms with E-state index < -0.39 is 0 Å². The minimum atomic E-state index is -0.202. The molecule has 1 aliphatic rings. The SMILES string of the molecule is CCOC(=O)[C@@H]1CCCN(C(=O)CSc2nc(C)c(C)o2)C1. The summed E-state index contributed by atoms with van der Waals surface area (Å²) in [5.41, 5.74) is 0.843. The summed E-state index contributed by atoms with van der Waals surface area (Å²) in [6.07, 6.45) is 1.62. The van der Waals surface area contributed by atoms with Crippen LogP contribution in [-0.4, -0.2) is 47.2 Å². The van der Waals surface area contributed by atoms with E-state index in [4.69, 9.17) is 9.15 Å². The molecule has 22 heavy (non-hydrogen) atoms. The molecule has 1 aromatic heterocycles. The summed E-state index contributed by atoms with van der Waals surface area (Å²) in [5, 5.41) is 0.516. The molecule has 0 bridgehead atoms. The van der Waals surface area contributed by atoms with Gasteiger partial charge in [0.05, 0.1) is 24.0 Å². The summed E-state index contributed by atoms with van der Waals surface area (Å²) in [7, 11) is 0. The molecule has 2 rings (SSSR count). The van der Waals surface area contributed by atoms with Gasteiger partial charge in [-0.3, -0.25) is 9.59 Å². The summed E-state index contributed by atoms with van der Waals surface area (Å²) in [6.45, 7) is 7.03. The Morgan fingerprint density at radius 1 is 1.45 bits per heavy atom. The Morgan fingerprint density at radius 2 is 2.23 bits per heavy atom. The average Bonchev–Trinajstić information content (AvgIpc) is 2.84. The Labute approximate surface area is 134 Å². The van der Waals surface area contributed by atoms with Crippen molar-refractivity contribution in [1.29, 1.82) is 0 Å². The quantitative estimate of drug-likeness (QED) is 0.610. The average molecular weight is 326 g/mol. The molecule has 0 saturated carbocycles. The highest BCUT2D eigenvalue weighted by Crippen LogP contribution is 2.23. The standard InChI is InChI=1S/C15H22N2O4S/c1-4-20-14(19)12-6-5-7-17(8-12)13(18)9-22-15-16-10(2)11(3)21-15/h12H,4-9H2,1-3H3/t12-/m1/s1. The van der Waals surface area contributed by atoms with Gasteiger partial charge in [-0.15, -0.1) is 0 Å². The van der Waals surface area contributed by atoms with E-state index >= 15 is 0 Å². The molecule has 0 aromatic carbocycles. The van der Waals surface area contributed by atoms with Crippen molar-refractivity contribution in [3.63, 3.8) is 0 Å². The number of hydrogen-bond donors (Lipinski definition) is 0. The largest absolute Gasteiger partial charge is 0.466 e. The fraction of sp³-hybridized carbons (Fsp3) is 0.667. The summed E-state index contributed by atoms with van der Waals surface area (Å²) in [5.74, 6) is 0.651. The normalized spacial score (nSPS) is 18.3. The molecule has 2 heterocycles. The van der Waals surface area contributed by atoms with Crippen LogP contribution >= 0.6 is 11.8 Å². The zero-order chi connectivity index (χ0) is 16.1. The molecule has 6 nitrogen and oxygen atoms in total. The second kappa shape index (κ2) is 7.67. The van der Waals surface area contributed by atoms with Crippen LogP contribution in [0.4, 0.5) is 0 Å². The Kier molecular flexibility index (Phi) is 5.88. The lowest BCUT2D eigenvalue weighted by Gasteiger charge is -2.31. The Morgan fingerprint density at radius 3 is 2.86 bits per heavy atom. The van der Waals surface area contributed by atoms with E-state index in [1.165, 1.54) is 11.8 Å². The lowest BCUT2D eigenvalue weighted by atomic mass is 9.98. The van der Waals surface area contributed by atoms with E-state index in [0.29, 0.717) is 24.9 Å². The molecule has 1 saturated heterocycles. The van der Waals surface area contributed by atoms with Gasteiger partial charge in [0.25, 0.3) is 5.22 Å². The number of thioether (sulfide) groups is 1. The molecule has 0 N–H and O–H groups in total. The Bertz CT molecular complexity index is 524. The summed E-state index contributed by atoms with van der Waals surface area (Å²) in [6, 6.07) is 0. The van der Waals surface area contributed by atoms with Crippen LogP contribution in [0.5, 0.6) is 0 Å². The monoisotopic (exact) mass is 326 g/mol. The topological polar surface area (TPSA) is 72.6 Å². The highest BCUT2D eigenvalue weighted by molar-refractivity contribution is 7.99. The maximum atomic E-state index is 12.3. The predicted molar refractivity (Wildman–Crippen MR) is 82.6 cm³/mol. The molecule has 1 amide bonds. The minimum absolute atomic E-state index is 0.00695. The van der Waals surface area contributed by atoms with E-state index in [1.807, 2.05) is 13.8 Å². The first kappa shape index (κ1) is 16.9. The van der Waals surface area contributed by atoms with E-state index in [1.54, 1.807) is 11.8 Å². The summed E-state index contributed by atoms with van der Waals surface area (Å²) >= 11 is 1.29. The maximum Gasteiger partial charge on any atom is 0.310 e. The van der Waals surface area contributed by atoms with Crippen LogP contribution in [0.2, 0.25) is 0 Å². The molecule has 0 aliphatic carbocycles. The van der Waals surface area contributed by atoms with Crippen LogP contribution in [-0.2, 0) is 14.3 Å². The molecule has 1 aromatic rings. The zero-order valence-corrected chi connectivity index (χ0v) is 14.1. The number of esters is 1. The molecular formula is C15H22N2O4S. The third-order valence-electron chi connectivity index (χ3n) is 3.72. The predicted octanol–water partition coefficient (Wildman–Crippen LogP) is 2.19. The van der Waals surface area contributed by atoms with Gasteiger partial charge < -0.3 is 14.1 Å². The number of nitrogens with zero attached hydrogens (tertiary/aromatic N) is 2. The van der Waals surface area contributed by atoms with Gasteiger partial charge in [-0.1, -0.05) is 11.8 Å². The first-order chi connectivity index (χ1) is 10.5. The number of likely N-dealkylation sites (tertiary alicyclic amines) is 1. The van der Waals surface area contributed by atoms with Crippen molar-refractivity contribution in [3.8, 4) is 0 Å². The van der Waals surface area contributed by atoms with Gasteiger partial charge in [-0.2, -0.15) is 0 Å². The lowest BCUT2D eigenvalue weighted by molar-refractivity contribution is -0.151. The number of ether oxygens (including phenoxy) is 1. The fourth-order valence-electron chi connectivity index (χ4n) is 2.38. The Balaban J connectivity index is 1.85. The maximum absolute atomic E-state index is 12.3. The molecule has 1 aliphatic heterocycles. The van der Waals surface area contributed by atoms with Crippen molar-refractivity contribution in [1.82, 2.24) is 9.88 Å². The van der Waals surface area contributed by atoms with E-state index in [2.05, 4.69) is 4.98 Å². The molecule has 0 unspecified atom stereocenters. The van der Waals surface area contributed by atoms with Gasteiger partial charge in [0.1, 0.15) is 5.76 Å². The summed E-state index contributed by atoms with van der Waals surface area (Å²) in [4.78, 5) is 30.1. The third kappa shape index (κ3) is 4.25. The van der Waals surface area contributed by atoms with Crippen LogP contribution in [0.1, 0.15) is 31.2 Å². The first-order valence-corrected chi connectivity index (χ1v) is 8.51. The van der Waals surface area contributed by atoms with Gasteiger partial charge >= 0.3 is 5.97 Å². The molecular weight excluding hydrogens is 304 g/mol. The number of aryl methyl sites for hydroxylation is 2. The van der Waals surface area contributed by atoms with E-state index in [-0.39, 0.29) is 23.5 Å². The second-order valence-corrected chi connectivity index (χ2v) is 6.27. The number of piperidine rings is 1. The van der Waals surface area contributed by atoms with Crippen molar-refractivity contribution in [2.45, 2.75) is 38.8 Å². The van der Waals surface area contributed by atoms with Crippen LogP contribution in [0.25, 0.3) is 0 Å². The van der Waals surface area contributed by atoms with Gasteiger partial charge in [-0.25, -0.2) is 4.98 Å². The van der Waals surface area contributed by atoms with Gasteiger partial charge in [-0.05, 0) is 33.6 Å². The number of aromatic nitrogens is 1. The van der Waals surface area contributed by atoms with Crippen molar-refractivity contribution in [3.05, 3.63) is 11.5 Å². The van der Waals surface area contributed by atoms with Crippen molar-refractivity contribution >= 4 is 23.6 Å². The first-order valence-electron chi connectivity index (χ1n) is 7.52. The van der Waals surface area contributed by atoms with E-state index in [0.717, 1.165) is 24.3 Å². The van der Waals surface area contributed by atoms with Gasteiger partial charge in [0.2, 0.25) is 5.91 Å². The molecule has 7 heteroatoms. The number of carbonyl (C=O) groups excluding carboxylic acids is 2. The van der Waals surface area contributed by atoms with Crippen LogP contribution in [0.3, 0.4) is 0 Å². The molecule has 1 atom stereocenters. The highest BCUT2D eigenvalue weighted by Gasteiger charge is 2.29. The van der Waals surface area contributed by atoms with Crippen molar-refractivity contribution in [2.75, 3.05) is 25.4 Å². The van der Waals surface area contributed by atoms with Crippen molar-refractivity contribution in [2.24, 2.45) is 5.92 Å². The van der Waals surface area contributed by atoms with E-state index in [9.17, 15) is 9.59 Å². The second-order valence-electron chi connectivity index (χ2n) is 5.34. The number of amides is 1. The third-order valence-corrected chi connectivity index (χ3v) is 4.53. The smallest absolute Gasteiger partial charge is 0.310 e. The fourth-order valence-corrected chi connectivity index (χ4v) is 3.19. The zero-order valence-electron chi connectivity index (χ0n) is 13.3. The highest BCUT2D eigenvalue weighted by atomic mass is 32.2. The number of carbonyl (C=O) groups is 2. The minimum Gasteiger partial charge on any atom is -0.466 e. The Hall–Kier alpha value is -1.50. The number of hydrogen-bond acceptors (Lipinski definition) is 6. The molecule has 0 radical (unpaired) electrons.